The molecule has 26 heavy (non-hydrogen) atoms. The van der Waals surface area contributed by atoms with Crippen LogP contribution in [-0.4, -0.2) is 14.7 Å². The van der Waals surface area contributed by atoms with Gasteiger partial charge in [-0.3, -0.25) is 0 Å². The van der Waals surface area contributed by atoms with Crippen molar-refractivity contribution in [1.29, 1.82) is 0 Å². The van der Waals surface area contributed by atoms with Crippen molar-refractivity contribution in [3.8, 4) is 17.0 Å². The Morgan fingerprint density at radius 3 is 2.85 bits per heavy atom. The summed E-state index contributed by atoms with van der Waals surface area (Å²) < 4.78 is 4.47. The van der Waals surface area contributed by atoms with Gasteiger partial charge in [-0.15, -0.1) is 11.3 Å². The Bertz CT molecular complexity index is 1190. The topological polar surface area (TPSA) is 59.2 Å². The average Bonchev–Trinajstić information content (AvgIpc) is 3.04. The van der Waals surface area contributed by atoms with E-state index in [0.29, 0.717) is 22.2 Å². The molecule has 0 fully saturated rings. The van der Waals surface area contributed by atoms with Crippen LogP contribution >= 0.6 is 38.9 Å². The van der Waals surface area contributed by atoms with Gasteiger partial charge in [0.25, 0.3) is 11.5 Å². The van der Waals surface area contributed by atoms with Gasteiger partial charge in [0.1, 0.15) is 6.54 Å². The summed E-state index contributed by atoms with van der Waals surface area (Å²) >= 11 is 10.7. The van der Waals surface area contributed by atoms with E-state index in [1.54, 1.807) is 41.2 Å². The number of benzene rings is 1. The second-order valence-electron chi connectivity index (χ2n) is 5.61. The summed E-state index contributed by atoms with van der Waals surface area (Å²) in [6.45, 7) is 0.352. The lowest BCUT2D eigenvalue weighted by atomic mass is 10.1. The molecule has 0 saturated carbocycles. The van der Waals surface area contributed by atoms with Crippen molar-refractivity contribution in [2.24, 2.45) is 0 Å². The highest BCUT2D eigenvalue weighted by Gasteiger charge is 2.25. The quantitative estimate of drug-likeness (QED) is 0.483. The zero-order valence-electron chi connectivity index (χ0n) is 13.3. The fraction of sp³-hybridized carbons (Fsp3) is 0.0556. The molecule has 3 heterocycles. The van der Waals surface area contributed by atoms with Crippen LogP contribution in [0.2, 0.25) is 4.47 Å². The molecule has 0 bridgehead atoms. The summed E-state index contributed by atoms with van der Waals surface area (Å²) in [4.78, 5) is 17.9. The van der Waals surface area contributed by atoms with Crippen molar-refractivity contribution in [3.05, 3.63) is 79.0 Å². The largest absolute Gasteiger partial charge is 0.477 e. The van der Waals surface area contributed by atoms with Gasteiger partial charge in [-0.05, 0) is 23.8 Å². The van der Waals surface area contributed by atoms with Crippen LogP contribution < -0.4 is 9.96 Å². The van der Waals surface area contributed by atoms with E-state index in [0.717, 1.165) is 9.35 Å². The summed E-state index contributed by atoms with van der Waals surface area (Å²) in [5.74, 6) is -0.0937. The van der Waals surface area contributed by atoms with Crippen LogP contribution in [-0.2, 0) is 6.54 Å². The summed E-state index contributed by atoms with van der Waals surface area (Å²) in [6.07, 6.45) is 3.36. The molecule has 0 unspecified atom stereocenters. The SMILES string of the molecule is O=c1c(-c2cccc(Br)c2)c(O)n(Cc2cnc(Cl)s2)c2cccc[n+]12. The molecule has 0 amide bonds. The van der Waals surface area contributed by atoms with Crippen molar-refractivity contribution in [2.45, 2.75) is 6.54 Å². The Morgan fingerprint density at radius 1 is 1.27 bits per heavy atom. The van der Waals surface area contributed by atoms with Gasteiger partial charge in [0, 0.05) is 16.7 Å². The Morgan fingerprint density at radius 2 is 2.12 bits per heavy atom. The predicted molar refractivity (Wildman–Crippen MR) is 105 cm³/mol. The summed E-state index contributed by atoms with van der Waals surface area (Å²) in [6, 6.07) is 12.7. The third-order valence-electron chi connectivity index (χ3n) is 3.98. The standard InChI is InChI=1S/C18H11BrClN3O2S/c19-12-5-3-4-11(8-12)15-16(24)22-7-2-1-6-14(22)23(17(15)25)10-13-9-21-18(20)26-13/h1-9H,10H2/p+1. The third-order valence-corrected chi connectivity index (χ3v) is 5.57. The molecule has 130 valence electrons. The van der Waals surface area contributed by atoms with Crippen LogP contribution in [0.3, 0.4) is 0 Å². The number of rotatable bonds is 3. The number of aromatic nitrogens is 3. The molecule has 0 saturated heterocycles. The van der Waals surface area contributed by atoms with Gasteiger partial charge in [0.05, 0.1) is 11.1 Å². The molecule has 0 spiro atoms. The fourth-order valence-electron chi connectivity index (χ4n) is 2.85. The van der Waals surface area contributed by atoms with E-state index >= 15 is 0 Å². The molecule has 3 aromatic heterocycles. The van der Waals surface area contributed by atoms with Crippen molar-refractivity contribution in [3.63, 3.8) is 0 Å². The molecule has 1 N–H and O–H groups in total. The van der Waals surface area contributed by atoms with Crippen molar-refractivity contribution < 1.29 is 9.51 Å². The molecule has 5 nitrogen and oxygen atoms in total. The normalized spacial score (nSPS) is 11.2. The number of pyridine rings is 1. The number of fused-ring (bicyclic) bond motifs is 1. The molecule has 4 aromatic rings. The van der Waals surface area contributed by atoms with Crippen LogP contribution in [0.4, 0.5) is 0 Å². The van der Waals surface area contributed by atoms with Gasteiger partial charge in [-0.1, -0.05) is 45.7 Å². The first-order chi connectivity index (χ1) is 12.5. The fourth-order valence-corrected chi connectivity index (χ4v) is 4.22. The van der Waals surface area contributed by atoms with Gasteiger partial charge < -0.3 is 5.11 Å². The Labute approximate surface area is 165 Å². The molecule has 0 radical (unpaired) electrons. The van der Waals surface area contributed by atoms with E-state index in [1.807, 2.05) is 18.2 Å². The maximum Gasteiger partial charge on any atom is 0.354 e. The highest BCUT2D eigenvalue weighted by molar-refractivity contribution is 9.10. The summed E-state index contributed by atoms with van der Waals surface area (Å²) in [5.41, 5.74) is 1.18. The smallest absolute Gasteiger partial charge is 0.354 e. The molecular weight excluding hydrogens is 438 g/mol. The summed E-state index contributed by atoms with van der Waals surface area (Å²) in [7, 11) is 0. The monoisotopic (exact) mass is 448 g/mol. The molecule has 8 heteroatoms. The van der Waals surface area contributed by atoms with Crippen molar-refractivity contribution in [2.75, 3.05) is 0 Å². The molecule has 0 aliphatic rings. The highest BCUT2D eigenvalue weighted by Crippen LogP contribution is 2.29. The molecule has 0 aliphatic carbocycles. The lowest BCUT2D eigenvalue weighted by Gasteiger charge is -2.09. The van der Waals surface area contributed by atoms with Gasteiger partial charge >= 0.3 is 5.56 Å². The van der Waals surface area contributed by atoms with Gasteiger partial charge in [0.2, 0.25) is 0 Å². The van der Waals surface area contributed by atoms with Crippen molar-refractivity contribution >= 4 is 44.5 Å². The van der Waals surface area contributed by atoms with Crippen LogP contribution in [0.25, 0.3) is 16.8 Å². The van der Waals surface area contributed by atoms with Crippen LogP contribution in [0.5, 0.6) is 5.88 Å². The number of halogens is 2. The van der Waals surface area contributed by atoms with E-state index in [1.165, 1.54) is 15.7 Å². The molecule has 0 aliphatic heterocycles. The Kier molecular flexibility index (Phi) is 4.52. The minimum Gasteiger partial charge on any atom is -0.477 e. The van der Waals surface area contributed by atoms with Gasteiger partial charge in [-0.2, -0.15) is 8.97 Å². The van der Waals surface area contributed by atoms with Crippen molar-refractivity contribution in [1.82, 2.24) is 9.55 Å². The maximum atomic E-state index is 13.0. The number of aromatic hydroxyl groups is 1. The van der Waals surface area contributed by atoms with Crippen LogP contribution in [0, 0.1) is 0 Å². The van der Waals surface area contributed by atoms with E-state index in [9.17, 15) is 9.90 Å². The zero-order valence-corrected chi connectivity index (χ0v) is 16.4. The second kappa shape index (κ2) is 6.83. The lowest BCUT2D eigenvalue weighted by molar-refractivity contribution is -0.532. The highest BCUT2D eigenvalue weighted by atomic mass is 79.9. The van der Waals surface area contributed by atoms with E-state index in [4.69, 9.17) is 11.6 Å². The van der Waals surface area contributed by atoms with Gasteiger partial charge in [-0.25, -0.2) is 9.78 Å². The lowest BCUT2D eigenvalue weighted by Crippen LogP contribution is -2.43. The number of thiazole rings is 1. The molecule has 0 atom stereocenters. The van der Waals surface area contributed by atoms with Gasteiger partial charge in [0.15, 0.2) is 10.0 Å². The average molecular weight is 450 g/mol. The van der Waals surface area contributed by atoms with E-state index in [-0.39, 0.29) is 17.0 Å². The Balaban J connectivity index is 2.02. The number of nitrogens with zero attached hydrogens (tertiary/aromatic N) is 3. The van der Waals surface area contributed by atoms with Crippen LogP contribution in [0.1, 0.15) is 4.88 Å². The summed E-state index contributed by atoms with van der Waals surface area (Å²) in [5, 5.41) is 11.0. The maximum absolute atomic E-state index is 13.0. The van der Waals surface area contributed by atoms with E-state index in [2.05, 4.69) is 20.9 Å². The Hall–Kier alpha value is -2.22. The predicted octanol–water partition coefficient (Wildman–Crippen LogP) is 3.88. The second-order valence-corrected chi connectivity index (χ2v) is 8.22. The van der Waals surface area contributed by atoms with Crippen LogP contribution in [0.15, 0.2) is 64.1 Å². The first-order valence-corrected chi connectivity index (χ1v) is 9.65. The third kappa shape index (κ3) is 3.02. The molecule has 4 rings (SSSR count). The zero-order chi connectivity index (χ0) is 18.3. The number of hydrogen-bond donors (Lipinski definition) is 1. The van der Waals surface area contributed by atoms with E-state index < -0.39 is 0 Å². The molecular formula is C18H12BrClN3O2S+. The first-order valence-electron chi connectivity index (χ1n) is 7.67. The molecule has 1 aromatic carbocycles. The minimum absolute atomic E-state index is 0.0937. The number of hydrogen-bond acceptors (Lipinski definition) is 4. The first kappa shape index (κ1) is 17.2. The minimum atomic E-state index is -0.283.